The van der Waals surface area contributed by atoms with Crippen LogP contribution in [0.4, 0.5) is 19.0 Å². The van der Waals surface area contributed by atoms with Crippen LogP contribution in [-0.2, 0) is 16.4 Å². The van der Waals surface area contributed by atoms with E-state index in [0.29, 0.717) is 54.3 Å². The summed E-state index contributed by atoms with van der Waals surface area (Å²) in [5.41, 5.74) is 2.21. The molecule has 2 aromatic heterocycles. The monoisotopic (exact) mass is 559 g/mol. The van der Waals surface area contributed by atoms with E-state index in [1.165, 1.54) is 13.4 Å². The van der Waals surface area contributed by atoms with E-state index in [1.807, 2.05) is 6.92 Å². The van der Waals surface area contributed by atoms with Crippen LogP contribution in [0, 0.1) is 12.8 Å². The van der Waals surface area contributed by atoms with E-state index in [0.717, 1.165) is 12.8 Å². The zero-order valence-electron chi connectivity index (χ0n) is 22.2. The largest absolute Gasteiger partial charge is 0.496 e. The molecule has 0 bridgehead atoms. The van der Waals surface area contributed by atoms with Crippen molar-refractivity contribution in [3.05, 3.63) is 23.5 Å². The Balaban J connectivity index is 1.70. The molecule has 0 aromatic carbocycles. The second kappa shape index (κ2) is 12.4. The lowest BCUT2D eigenvalue weighted by molar-refractivity contribution is -0.134. The van der Waals surface area contributed by atoms with Crippen molar-refractivity contribution in [2.24, 2.45) is 5.92 Å². The predicted molar refractivity (Wildman–Crippen MR) is 139 cm³/mol. The highest BCUT2D eigenvalue weighted by molar-refractivity contribution is 7.91. The van der Waals surface area contributed by atoms with Crippen LogP contribution in [0.25, 0.3) is 11.3 Å². The van der Waals surface area contributed by atoms with Crippen LogP contribution >= 0.6 is 0 Å². The van der Waals surface area contributed by atoms with Crippen molar-refractivity contribution in [2.75, 3.05) is 31.8 Å². The minimum atomic E-state index is -4.20. The van der Waals surface area contributed by atoms with Gasteiger partial charge in [0.1, 0.15) is 21.4 Å². The summed E-state index contributed by atoms with van der Waals surface area (Å²) in [4.78, 5) is 17.4. The van der Waals surface area contributed by atoms with Crippen molar-refractivity contribution < 1.29 is 31.1 Å². The maximum atomic E-state index is 13.1. The van der Waals surface area contributed by atoms with Crippen molar-refractivity contribution in [1.82, 2.24) is 20.1 Å². The maximum Gasteiger partial charge on any atom is 0.389 e. The number of rotatable bonds is 11. The molecule has 2 heterocycles. The molecule has 2 N–H and O–H groups in total. The molecular weight excluding hydrogens is 523 g/mol. The lowest BCUT2D eigenvalue weighted by Crippen LogP contribution is -2.34. The summed E-state index contributed by atoms with van der Waals surface area (Å²) in [5.74, 6) is 0.740. The fourth-order valence-corrected chi connectivity index (χ4v) is 5.94. The second-order valence-corrected chi connectivity index (χ2v) is 12.1. The van der Waals surface area contributed by atoms with E-state index in [-0.39, 0.29) is 35.7 Å². The van der Waals surface area contributed by atoms with Crippen molar-refractivity contribution in [3.63, 3.8) is 0 Å². The van der Waals surface area contributed by atoms with Crippen LogP contribution in [0.3, 0.4) is 0 Å². The van der Waals surface area contributed by atoms with Gasteiger partial charge in [0.25, 0.3) is 5.91 Å². The average Bonchev–Trinajstić information content (AvgIpc) is 3.20. The van der Waals surface area contributed by atoms with Gasteiger partial charge in [-0.2, -0.15) is 18.3 Å². The van der Waals surface area contributed by atoms with Gasteiger partial charge in [0.05, 0.1) is 23.6 Å². The number of sulfone groups is 1. The summed E-state index contributed by atoms with van der Waals surface area (Å²) >= 11 is 0. The molecule has 13 heteroatoms. The molecule has 212 valence electrons. The van der Waals surface area contributed by atoms with Crippen molar-refractivity contribution >= 4 is 21.6 Å². The Morgan fingerprint density at radius 1 is 1.24 bits per heavy atom. The lowest BCUT2D eigenvalue weighted by Gasteiger charge is -2.27. The quantitative estimate of drug-likeness (QED) is 0.393. The summed E-state index contributed by atoms with van der Waals surface area (Å²) in [6.45, 7) is 4.74. The topological polar surface area (TPSA) is 115 Å². The number of pyridine rings is 1. The van der Waals surface area contributed by atoms with Gasteiger partial charge in [-0.25, -0.2) is 13.4 Å². The SMILES string of the molecule is CCn1nc(C(=O)NCC2CCC(S(C)(=O)=O)CC2)c(C)c1-c1cnc(NCCCC(F)(F)F)cc1OC. The number of nitrogens with zero attached hydrogens (tertiary/aromatic N) is 3. The average molecular weight is 560 g/mol. The summed E-state index contributed by atoms with van der Waals surface area (Å²) in [7, 11) is -1.55. The number of aromatic nitrogens is 3. The van der Waals surface area contributed by atoms with E-state index in [9.17, 15) is 26.4 Å². The van der Waals surface area contributed by atoms with Gasteiger partial charge in [0.15, 0.2) is 5.69 Å². The molecule has 1 fully saturated rings. The van der Waals surface area contributed by atoms with Crippen LogP contribution in [-0.4, -0.2) is 67.0 Å². The Kier molecular flexibility index (Phi) is 9.66. The number of alkyl halides is 3. The number of carbonyl (C=O) groups excluding carboxylic acids is 1. The van der Waals surface area contributed by atoms with Crippen LogP contribution in [0.2, 0.25) is 0 Å². The minimum absolute atomic E-state index is 0.0748. The molecule has 9 nitrogen and oxygen atoms in total. The Labute approximate surface area is 221 Å². The molecule has 0 atom stereocenters. The third-order valence-electron chi connectivity index (χ3n) is 6.94. The number of halogens is 3. The van der Waals surface area contributed by atoms with E-state index >= 15 is 0 Å². The van der Waals surface area contributed by atoms with E-state index in [4.69, 9.17) is 4.74 Å². The highest BCUT2D eigenvalue weighted by Gasteiger charge is 2.29. The molecule has 1 amide bonds. The third-order valence-corrected chi connectivity index (χ3v) is 8.62. The summed E-state index contributed by atoms with van der Waals surface area (Å²) in [6, 6.07) is 1.61. The zero-order chi connectivity index (χ0) is 28.1. The first-order chi connectivity index (χ1) is 17.8. The van der Waals surface area contributed by atoms with Crippen LogP contribution in [0.15, 0.2) is 12.3 Å². The first-order valence-electron chi connectivity index (χ1n) is 12.7. The number of hydrogen-bond donors (Lipinski definition) is 2. The predicted octanol–water partition coefficient (Wildman–Crippen LogP) is 4.37. The normalized spacial score (nSPS) is 18.3. The van der Waals surface area contributed by atoms with Gasteiger partial charge < -0.3 is 15.4 Å². The Morgan fingerprint density at radius 3 is 2.50 bits per heavy atom. The molecule has 0 unspecified atom stereocenters. The molecular formula is C25H36F3N5O4S. The first-order valence-corrected chi connectivity index (χ1v) is 14.7. The van der Waals surface area contributed by atoms with Crippen molar-refractivity contribution in [1.29, 1.82) is 0 Å². The number of carbonyl (C=O) groups is 1. The number of amides is 1. The molecule has 1 aliphatic carbocycles. The molecule has 3 rings (SSSR count). The minimum Gasteiger partial charge on any atom is -0.496 e. The molecule has 0 aliphatic heterocycles. The van der Waals surface area contributed by atoms with Crippen LogP contribution in [0.5, 0.6) is 5.75 Å². The molecule has 2 aromatic rings. The summed E-state index contributed by atoms with van der Waals surface area (Å²) in [5, 5.41) is 10.1. The molecule has 0 radical (unpaired) electrons. The Morgan fingerprint density at radius 2 is 1.92 bits per heavy atom. The molecule has 1 saturated carbocycles. The number of anilines is 1. The van der Waals surface area contributed by atoms with Gasteiger partial charge in [-0.05, 0) is 51.9 Å². The van der Waals surface area contributed by atoms with Gasteiger partial charge in [0.2, 0.25) is 0 Å². The number of nitrogens with one attached hydrogen (secondary N) is 2. The molecule has 38 heavy (non-hydrogen) atoms. The van der Waals surface area contributed by atoms with Crippen molar-refractivity contribution in [2.45, 2.75) is 70.3 Å². The van der Waals surface area contributed by atoms with Gasteiger partial charge in [0, 0.05) is 50.1 Å². The maximum absolute atomic E-state index is 13.1. The molecule has 0 saturated heterocycles. The number of methoxy groups -OCH3 is 1. The van der Waals surface area contributed by atoms with Gasteiger partial charge in [-0.3, -0.25) is 9.48 Å². The standard InChI is InChI=1S/C25H36F3N5O4S/c1-5-33-23(19-15-30-21(13-20(19)37-3)29-12-6-11-25(26,27)28)16(2)22(32-33)24(34)31-14-17-7-9-18(10-8-17)38(4,35)36/h13,15,17-18H,5-12,14H2,1-4H3,(H,29,30)(H,31,34). The second-order valence-electron chi connectivity index (χ2n) is 9.74. The fraction of sp³-hybridized carbons (Fsp3) is 0.640. The number of aryl methyl sites for hydroxylation is 1. The number of hydrogen-bond acceptors (Lipinski definition) is 7. The van der Waals surface area contributed by atoms with Crippen LogP contribution < -0.4 is 15.4 Å². The highest BCUT2D eigenvalue weighted by Crippen LogP contribution is 2.35. The Hall–Kier alpha value is -2.83. The zero-order valence-corrected chi connectivity index (χ0v) is 23.0. The highest BCUT2D eigenvalue weighted by atomic mass is 32.2. The van der Waals surface area contributed by atoms with Gasteiger partial charge in [-0.15, -0.1) is 0 Å². The summed E-state index contributed by atoms with van der Waals surface area (Å²) in [6.07, 6.45) is 0.372. The Bertz CT molecular complexity index is 1220. The fourth-order valence-electron chi connectivity index (χ4n) is 4.81. The van der Waals surface area contributed by atoms with E-state index in [1.54, 1.807) is 23.9 Å². The van der Waals surface area contributed by atoms with E-state index in [2.05, 4.69) is 20.7 Å². The smallest absolute Gasteiger partial charge is 0.389 e. The third kappa shape index (κ3) is 7.61. The molecule has 1 aliphatic rings. The summed E-state index contributed by atoms with van der Waals surface area (Å²) < 4.78 is 68.0. The number of ether oxygens (including phenoxy) is 1. The molecule has 0 spiro atoms. The van der Waals surface area contributed by atoms with E-state index < -0.39 is 22.4 Å². The van der Waals surface area contributed by atoms with Crippen molar-refractivity contribution in [3.8, 4) is 17.0 Å². The van der Waals surface area contributed by atoms with Crippen LogP contribution in [0.1, 0.15) is 61.5 Å². The van der Waals surface area contributed by atoms with Gasteiger partial charge >= 0.3 is 6.18 Å². The first kappa shape index (κ1) is 29.7. The lowest BCUT2D eigenvalue weighted by atomic mass is 9.89. The van der Waals surface area contributed by atoms with Gasteiger partial charge in [-0.1, -0.05) is 0 Å².